The quantitative estimate of drug-likeness (QED) is 0.642. The molecule has 0 spiro atoms. The van der Waals surface area contributed by atoms with E-state index in [1.54, 1.807) is 23.9 Å². The zero-order chi connectivity index (χ0) is 13.4. The van der Waals surface area contributed by atoms with Crippen molar-refractivity contribution >= 4 is 17.3 Å². The summed E-state index contributed by atoms with van der Waals surface area (Å²) in [7, 11) is 1.72. The summed E-state index contributed by atoms with van der Waals surface area (Å²) in [5.41, 5.74) is 0.344. The van der Waals surface area contributed by atoms with Gasteiger partial charge in [-0.2, -0.15) is 5.10 Å². The number of fused-ring (bicyclic) bond motifs is 1. The van der Waals surface area contributed by atoms with Crippen LogP contribution in [0.1, 0.15) is 16.3 Å². The fraction of sp³-hybridized carbons (Fsp3) is 0.167. The first-order chi connectivity index (χ1) is 9.19. The van der Waals surface area contributed by atoms with E-state index in [0.717, 1.165) is 0 Å². The van der Waals surface area contributed by atoms with Gasteiger partial charge in [-0.25, -0.2) is 4.98 Å². The van der Waals surface area contributed by atoms with Crippen LogP contribution in [0.4, 0.5) is 0 Å². The number of aldehydes is 1. The number of aryl methyl sites for hydroxylation is 1. The van der Waals surface area contributed by atoms with Gasteiger partial charge in [-0.3, -0.25) is 18.8 Å². The van der Waals surface area contributed by atoms with Crippen molar-refractivity contribution in [2.45, 2.75) is 6.54 Å². The highest BCUT2D eigenvalue weighted by molar-refractivity contribution is 5.72. The van der Waals surface area contributed by atoms with E-state index >= 15 is 0 Å². The highest BCUT2D eigenvalue weighted by Gasteiger charge is 2.09. The predicted molar refractivity (Wildman–Crippen MR) is 66.0 cm³/mol. The molecule has 0 saturated heterocycles. The van der Waals surface area contributed by atoms with Crippen molar-refractivity contribution in [1.29, 1.82) is 0 Å². The molecule has 0 aromatic carbocycles. The molecule has 0 bridgehead atoms. The Kier molecular flexibility index (Phi) is 2.52. The second-order valence-electron chi connectivity index (χ2n) is 4.11. The van der Waals surface area contributed by atoms with Gasteiger partial charge in [-0.15, -0.1) is 0 Å². The summed E-state index contributed by atoms with van der Waals surface area (Å²) in [4.78, 5) is 26.9. The molecule has 0 aliphatic carbocycles. The molecule has 0 radical (unpaired) electrons. The number of hydrogen-bond acceptors (Lipinski definition) is 5. The minimum atomic E-state index is -0.192. The van der Waals surface area contributed by atoms with Crippen molar-refractivity contribution in [3.63, 3.8) is 0 Å². The highest BCUT2D eigenvalue weighted by Crippen LogP contribution is 2.08. The van der Waals surface area contributed by atoms with Crippen LogP contribution in [-0.2, 0) is 13.6 Å². The molecule has 0 aliphatic rings. The van der Waals surface area contributed by atoms with Gasteiger partial charge in [0.1, 0.15) is 17.5 Å². The topological polar surface area (TPSA) is 82.9 Å². The third-order valence-corrected chi connectivity index (χ3v) is 2.84. The smallest absolute Gasteiger partial charge is 0.264 e. The first-order valence-corrected chi connectivity index (χ1v) is 5.60. The highest BCUT2D eigenvalue weighted by atomic mass is 16.3. The minimum absolute atomic E-state index is 0.192. The summed E-state index contributed by atoms with van der Waals surface area (Å²) in [5.74, 6) is 0.757. The van der Waals surface area contributed by atoms with E-state index < -0.39 is 0 Å². The van der Waals surface area contributed by atoms with E-state index in [4.69, 9.17) is 4.42 Å². The fourth-order valence-corrected chi connectivity index (χ4v) is 1.89. The molecule has 0 N–H and O–H groups in total. The van der Waals surface area contributed by atoms with E-state index in [1.165, 1.54) is 17.1 Å². The predicted octanol–water partition coefficient (Wildman–Crippen LogP) is 0.584. The van der Waals surface area contributed by atoms with Crippen molar-refractivity contribution in [1.82, 2.24) is 19.3 Å². The summed E-state index contributed by atoms with van der Waals surface area (Å²) in [6.45, 7) is 0.227. The maximum Gasteiger partial charge on any atom is 0.264 e. The summed E-state index contributed by atoms with van der Waals surface area (Å²) < 4.78 is 8.19. The molecular formula is C12H10N4O3. The molecule has 0 atom stereocenters. The Labute approximate surface area is 107 Å². The molecule has 0 saturated carbocycles. The number of aromatic nitrogens is 4. The third kappa shape index (κ3) is 1.85. The average molecular weight is 258 g/mol. The SMILES string of the molecule is Cn1ncc2c(=O)n(Cc3ccc(C=O)o3)cnc21. The molecule has 19 heavy (non-hydrogen) atoms. The van der Waals surface area contributed by atoms with E-state index in [0.29, 0.717) is 23.1 Å². The van der Waals surface area contributed by atoms with Crippen LogP contribution in [0.2, 0.25) is 0 Å². The molecule has 96 valence electrons. The van der Waals surface area contributed by atoms with Crippen LogP contribution in [0, 0.1) is 0 Å². The zero-order valence-electron chi connectivity index (χ0n) is 10.1. The largest absolute Gasteiger partial charge is 0.456 e. The summed E-state index contributed by atoms with van der Waals surface area (Å²) in [6.07, 6.45) is 3.55. The second-order valence-corrected chi connectivity index (χ2v) is 4.11. The fourth-order valence-electron chi connectivity index (χ4n) is 1.89. The lowest BCUT2D eigenvalue weighted by atomic mass is 10.4. The minimum Gasteiger partial charge on any atom is -0.456 e. The van der Waals surface area contributed by atoms with E-state index in [9.17, 15) is 9.59 Å². The Hall–Kier alpha value is -2.70. The lowest BCUT2D eigenvalue weighted by molar-refractivity contribution is 0.109. The van der Waals surface area contributed by atoms with Crippen LogP contribution in [0.5, 0.6) is 0 Å². The third-order valence-electron chi connectivity index (χ3n) is 2.84. The molecule has 7 nitrogen and oxygen atoms in total. The van der Waals surface area contributed by atoms with E-state index in [-0.39, 0.29) is 17.9 Å². The van der Waals surface area contributed by atoms with Crippen molar-refractivity contribution in [2.24, 2.45) is 7.05 Å². The number of hydrogen-bond donors (Lipinski definition) is 0. The molecule has 3 rings (SSSR count). The molecule has 0 unspecified atom stereocenters. The molecule has 3 aromatic rings. The van der Waals surface area contributed by atoms with Gasteiger partial charge in [0, 0.05) is 7.05 Å². The van der Waals surface area contributed by atoms with Gasteiger partial charge in [-0.05, 0) is 12.1 Å². The Morgan fingerprint density at radius 1 is 1.42 bits per heavy atom. The standard InChI is InChI=1S/C12H10N4O3/c1-15-11-10(4-14-15)12(18)16(7-13-11)5-8-2-3-9(6-17)19-8/h2-4,6-7H,5H2,1H3. The monoisotopic (exact) mass is 258 g/mol. The molecule has 7 heteroatoms. The van der Waals surface area contributed by atoms with Crippen molar-refractivity contribution in [3.8, 4) is 0 Å². The molecular weight excluding hydrogens is 248 g/mol. The molecule has 0 fully saturated rings. The molecule has 0 amide bonds. The average Bonchev–Trinajstić information content (AvgIpc) is 3.00. The summed E-state index contributed by atoms with van der Waals surface area (Å²) in [6, 6.07) is 3.22. The van der Waals surface area contributed by atoms with Gasteiger partial charge < -0.3 is 4.42 Å². The number of nitrogens with zero attached hydrogens (tertiary/aromatic N) is 4. The zero-order valence-corrected chi connectivity index (χ0v) is 10.1. The van der Waals surface area contributed by atoms with Crippen LogP contribution in [0.15, 0.2) is 33.9 Å². The lowest BCUT2D eigenvalue weighted by Gasteiger charge is -2.02. The molecule has 3 heterocycles. The van der Waals surface area contributed by atoms with Gasteiger partial charge in [0.15, 0.2) is 17.7 Å². The van der Waals surface area contributed by atoms with Crippen LogP contribution in [0.25, 0.3) is 11.0 Å². The first-order valence-electron chi connectivity index (χ1n) is 5.60. The van der Waals surface area contributed by atoms with Gasteiger partial charge in [0.2, 0.25) is 0 Å². The van der Waals surface area contributed by atoms with Gasteiger partial charge >= 0.3 is 0 Å². The number of furan rings is 1. The Morgan fingerprint density at radius 3 is 3.00 bits per heavy atom. The van der Waals surface area contributed by atoms with Crippen LogP contribution >= 0.6 is 0 Å². The normalized spacial score (nSPS) is 11.0. The van der Waals surface area contributed by atoms with Crippen LogP contribution in [-0.4, -0.2) is 25.6 Å². The Bertz CT molecular complexity index is 812. The molecule has 3 aromatic heterocycles. The van der Waals surface area contributed by atoms with E-state index in [1.807, 2.05) is 0 Å². The number of carbonyl (C=O) groups is 1. The Morgan fingerprint density at radius 2 is 2.26 bits per heavy atom. The van der Waals surface area contributed by atoms with Crippen LogP contribution in [0.3, 0.4) is 0 Å². The number of rotatable bonds is 3. The summed E-state index contributed by atoms with van der Waals surface area (Å²) >= 11 is 0. The maximum atomic E-state index is 12.2. The van der Waals surface area contributed by atoms with Gasteiger partial charge in [0.25, 0.3) is 5.56 Å². The van der Waals surface area contributed by atoms with Crippen molar-refractivity contribution in [2.75, 3.05) is 0 Å². The lowest BCUT2D eigenvalue weighted by Crippen LogP contribution is -2.20. The van der Waals surface area contributed by atoms with Crippen molar-refractivity contribution in [3.05, 3.63) is 46.5 Å². The maximum absolute atomic E-state index is 12.2. The van der Waals surface area contributed by atoms with Gasteiger partial charge in [0.05, 0.1) is 12.7 Å². The van der Waals surface area contributed by atoms with Crippen molar-refractivity contribution < 1.29 is 9.21 Å². The molecule has 0 aliphatic heterocycles. The van der Waals surface area contributed by atoms with Crippen LogP contribution < -0.4 is 5.56 Å². The van der Waals surface area contributed by atoms with E-state index in [2.05, 4.69) is 10.1 Å². The Balaban J connectivity index is 2.03. The second kappa shape index (κ2) is 4.20. The van der Waals surface area contributed by atoms with Gasteiger partial charge in [-0.1, -0.05) is 0 Å². The number of carbonyl (C=O) groups excluding carboxylic acids is 1. The first kappa shape index (κ1) is 11.4. The summed E-state index contributed by atoms with van der Waals surface area (Å²) in [5, 5.41) is 4.44.